The van der Waals surface area contributed by atoms with Crippen LogP contribution in [0.4, 0.5) is 4.39 Å². The number of hydrogen-bond donors (Lipinski definition) is 0. The molecule has 5 rings (SSSR count). The first-order valence-corrected chi connectivity index (χ1v) is 14.0. The summed E-state index contributed by atoms with van der Waals surface area (Å²) in [5.74, 6) is 0.113. The van der Waals surface area contributed by atoms with Crippen LogP contribution in [0.15, 0.2) is 72.9 Å². The monoisotopic (exact) mass is 515 g/mol. The van der Waals surface area contributed by atoms with Gasteiger partial charge in [0.2, 0.25) is 11.8 Å². The molecule has 0 spiro atoms. The zero-order chi connectivity index (χ0) is 26.5. The number of likely N-dealkylation sites (N-methyl/N-ethyl adjacent to an activating group) is 1. The highest BCUT2D eigenvalue weighted by atomic mass is 19.1. The first kappa shape index (κ1) is 26.2. The van der Waals surface area contributed by atoms with Gasteiger partial charge < -0.3 is 14.4 Å². The van der Waals surface area contributed by atoms with Crippen molar-refractivity contribution in [3.63, 3.8) is 0 Å². The third-order valence-electron chi connectivity index (χ3n) is 8.21. The van der Waals surface area contributed by atoms with Crippen LogP contribution in [-0.4, -0.2) is 45.3 Å². The zero-order valence-electron chi connectivity index (χ0n) is 22.3. The number of aromatic nitrogens is 1. The summed E-state index contributed by atoms with van der Waals surface area (Å²) >= 11 is 0. The molecule has 3 aromatic rings. The van der Waals surface area contributed by atoms with E-state index in [4.69, 9.17) is 0 Å². The Bertz CT molecular complexity index is 1220. The van der Waals surface area contributed by atoms with Gasteiger partial charge in [0, 0.05) is 36.9 Å². The average Bonchev–Trinajstić information content (AvgIpc) is 3.64. The van der Waals surface area contributed by atoms with Crippen molar-refractivity contribution in [3.05, 3.63) is 95.6 Å². The number of nitrogens with zero attached hydrogens (tertiary/aromatic N) is 3. The molecule has 0 aliphatic heterocycles. The Kier molecular flexibility index (Phi) is 8.26. The third kappa shape index (κ3) is 6.17. The molecule has 0 bridgehead atoms. The van der Waals surface area contributed by atoms with Gasteiger partial charge in [-0.3, -0.25) is 9.59 Å². The summed E-state index contributed by atoms with van der Waals surface area (Å²) in [4.78, 5) is 31.0. The summed E-state index contributed by atoms with van der Waals surface area (Å²) in [5, 5.41) is 0. The highest BCUT2D eigenvalue weighted by molar-refractivity contribution is 5.88. The van der Waals surface area contributed by atoms with E-state index in [9.17, 15) is 14.0 Å². The number of rotatable bonds is 10. The van der Waals surface area contributed by atoms with Crippen LogP contribution in [0.3, 0.4) is 0 Å². The van der Waals surface area contributed by atoms with Crippen LogP contribution in [0.5, 0.6) is 0 Å². The number of benzene rings is 2. The van der Waals surface area contributed by atoms with Crippen molar-refractivity contribution in [3.8, 4) is 0 Å². The van der Waals surface area contributed by atoms with Crippen LogP contribution in [0, 0.1) is 11.7 Å². The number of halogens is 1. The molecule has 2 fully saturated rings. The quantitative estimate of drug-likeness (QED) is 0.333. The molecule has 2 saturated carbocycles. The van der Waals surface area contributed by atoms with E-state index >= 15 is 0 Å². The van der Waals surface area contributed by atoms with E-state index in [1.165, 1.54) is 24.1 Å². The predicted octanol–water partition coefficient (Wildman–Crippen LogP) is 5.99. The SMILES string of the molecule is CCN(CC(=O)N(Cc1cccn1Cc1ccc(F)cc1)C1CCCCC1)C(=O)C1C[C@H]1c1ccccc1. The molecule has 2 atom stereocenters. The van der Waals surface area contributed by atoms with Crippen LogP contribution < -0.4 is 0 Å². The molecular formula is C32H38FN3O2. The molecule has 2 aromatic carbocycles. The summed E-state index contributed by atoms with van der Waals surface area (Å²) in [5.41, 5.74) is 3.27. The van der Waals surface area contributed by atoms with Gasteiger partial charge in [0.15, 0.2) is 0 Å². The summed E-state index contributed by atoms with van der Waals surface area (Å²) in [6, 6.07) is 21.0. The van der Waals surface area contributed by atoms with Gasteiger partial charge in [-0.1, -0.05) is 61.7 Å². The van der Waals surface area contributed by atoms with Gasteiger partial charge in [0.1, 0.15) is 5.82 Å². The molecule has 0 radical (unpaired) electrons. The topological polar surface area (TPSA) is 45.6 Å². The molecule has 2 aliphatic rings. The van der Waals surface area contributed by atoms with Gasteiger partial charge in [-0.05, 0) is 67.5 Å². The van der Waals surface area contributed by atoms with Gasteiger partial charge in [0.25, 0.3) is 0 Å². The van der Waals surface area contributed by atoms with Gasteiger partial charge >= 0.3 is 0 Å². The summed E-state index contributed by atoms with van der Waals surface area (Å²) in [6.45, 7) is 3.76. The maximum atomic E-state index is 13.8. The standard InChI is InChI=1S/C32H38FN3O2/c1-2-34(32(38)30-20-29(30)25-10-5-3-6-11-25)23-31(37)36(27-12-7-4-8-13-27)22-28-14-9-19-35(28)21-24-15-17-26(33)18-16-24/h3,5-6,9-11,14-19,27,29-30H,2,4,7-8,12-13,20-23H2,1H3/t29-,30?/m0/s1. The van der Waals surface area contributed by atoms with Crippen LogP contribution in [0.25, 0.3) is 0 Å². The maximum absolute atomic E-state index is 13.8. The largest absolute Gasteiger partial charge is 0.345 e. The lowest BCUT2D eigenvalue weighted by molar-refractivity contribution is -0.143. The van der Waals surface area contributed by atoms with Crippen LogP contribution in [0.1, 0.15) is 68.2 Å². The lowest BCUT2D eigenvalue weighted by Gasteiger charge is -2.36. The Hall–Kier alpha value is -3.41. The van der Waals surface area contributed by atoms with Crippen molar-refractivity contribution in [2.75, 3.05) is 13.1 Å². The molecule has 38 heavy (non-hydrogen) atoms. The Balaban J connectivity index is 1.28. The van der Waals surface area contributed by atoms with Crippen molar-refractivity contribution in [2.45, 2.75) is 70.5 Å². The number of carbonyl (C=O) groups is 2. The molecule has 200 valence electrons. The van der Waals surface area contributed by atoms with E-state index in [0.717, 1.165) is 43.4 Å². The first-order chi connectivity index (χ1) is 18.5. The molecule has 5 nitrogen and oxygen atoms in total. The second-order valence-corrected chi connectivity index (χ2v) is 10.8. The molecule has 1 aromatic heterocycles. The number of carbonyl (C=O) groups excluding carboxylic acids is 2. The normalized spacial score (nSPS) is 19.2. The van der Waals surface area contributed by atoms with Crippen molar-refractivity contribution >= 4 is 11.8 Å². The highest BCUT2D eigenvalue weighted by Crippen LogP contribution is 2.48. The molecule has 1 heterocycles. The zero-order valence-corrected chi connectivity index (χ0v) is 22.3. The van der Waals surface area contributed by atoms with Crippen molar-refractivity contribution < 1.29 is 14.0 Å². The smallest absolute Gasteiger partial charge is 0.242 e. The van der Waals surface area contributed by atoms with Crippen LogP contribution in [-0.2, 0) is 22.7 Å². The number of hydrogen-bond acceptors (Lipinski definition) is 2. The first-order valence-electron chi connectivity index (χ1n) is 14.0. The molecule has 0 saturated heterocycles. The molecule has 2 aliphatic carbocycles. The Labute approximate surface area is 225 Å². The molecule has 1 unspecified atom stereocenters. The van der Waals surface area contributed by atoms with Crippen LogP contribution in [0.2, 0.25) is 0 Å². The minimum atomic E-state index is -0.244. The van der Waals surface area contributed by atoms with Crippen LogP contribution >= 0.6 is 0 Å². The molecule has 0 N–H and O–H groups in total. The van der Waals surface area contributed by atoms with Crippen molar-refractivity contribution in [2.24, 2.45) is 5.92 Å². The predicted molar refractivity (Wildman–Crippen MR) is 147 cm³/mol. The fraction of sp³-hybridized carbons (Fsp3) is 0.438. The second-order valence-electron chi connectivity index (χ2n) is 10.8. The second kappa shape index (κ2) is 12.0. The van der Waals surface area contributed by atoms with Gasteiger partial charge in [0.05, 0.1) is 13.1 Å². The lowest BCUT2D eigenvalue weighted by atomic mass is 9.94. The van der Waals surface area contributed by atoms with E-state index in [1.54, 1.807) is 17.0 Å². The van der Waals surface area contributed by atoms with Crippen molar-refractivity contribution in [1.82, 2.24) is 14.4 Å². The van der Waals surface area contributed by atoms with Gasteiger partial charge in [-0.15, -0.1) is 0 Å². The average molecular weight is 516 g/mol. The van der Waals surface area contributed by atoms with Crippen molar-refractivity contribution in [1.29, 1.82) is 0 Å². The minimum absolute atomic E-state index is 0.0264. The summed E-state index contributed by atoms with van der Waals surface area (Å²) in [6.07, 6.45) is 8.34. The van der Waals surface area contributed by atoms with E-state index in [-0.39, 0.29) is 42.1 Å². The van der Waals surface area contributed by atoms with E-state index in [0.29, 0.717) is 19.6 Å². The van der Waals surface area contributed by atoms with E-state index in [2.05, 4.69) is 22.8 Å². The number of amides is 2. The Morgan fingerprint density at radius 2 is 1.68 bits per heavy atom. The van der Waals surface area contributed by atoms with E-state index in [1.807, 2.05) is 42.3 Å². The lowest BCUT2D eigenvalue weighted by Crippen LogP contribution is -2.48. The molecular weight excluding hydrogens is 477 g/mol. The fourth-order valence-electron chi connectivity index (χ4n) is 5.89. The summed E-state index contributed by atoms with van der Waals surface area (Å²) in [7, 11) is 0. The molecule has 6 heteroatoms. The fourth-order valence-corrected chi connectivity index (χ4v) is 5.89. The minimum Gasteiger partial charge on any atom is -0.345 e. The van der Waals surface area contributed by atoms with Gasteiger partial charge in [-0.25, -0.2) is 4.39 Å². The van der Waals surface area contributed by atoms with E-state index < -0.39 is 0 Å². The Morgan fingerprint density at radius 3 is 2.39 bits per heavy atom. The Morgan fingerprint density at radius 1 is 0.947 bits per heavy atom. The molecule has 2 amide bonds. The highest BCUT2D eigenvalue weighted by Gasteiger charge is 2.46. The summed E-state index contributed by atoms with van der Waals surface area (Å²) < 4.78 is 15.5. The maximum Gasteiger partial charge on any atom is 0.242 e. The van der Waals surface area contributed by atoms with Gasteiger partial charge in [-0.2, -0.15) is 0 Å². The third-order valence-corrected chi connectivity index (χ3v) is 8.21.